The molecule has 0 saturated carbocycles. The summed E-state index contributed by atoms with van der Waals surface area (Å²) in [5.74, 6) is -0.132. The first-order chi connectivity index (χ1) is 15.5. The Morgan fingerprint density at radius 3 is 1.53 bits per heavy atom. The van der Waals surface area contributed by atoms with E-state index in [1.54, 1.807) is 18.2 Å². The number of halogens is 2. The molecule has 0 atom stereocenters. The monoisotopic (exact) mass is 497 g/mol. The fourth-order valence-electron chi connectivity index (χ4n) is 3.24. The highest BCUT2D eigenvalue weighted by atomic mass is 35.5. The van der Waals surface area contributed by atoms with E-state index in [-0.39, 0.29) is 11.8 Å². The first kappa shape index (κ1) is 20.9. The Bertz CT molecular complexity index is 1400. The van der Waals surface area contributed by atoms with Gasteiger partial charge < -0.3 is 10.6 Å². The molecule has 5 rings (SSSR count). The van der Waals surface area contributed by atoms with Crippen LogP contribution in [0.2, 0.25) is 10.0 Å². The zero-order valence-electron chi connectivity index (χ0n) is 16.2. The number of fused-ring (bicyclic) bond motifs is 2. The molecule has 0 aliphatic heterocycles. The van der Waals surface area contributed by atoms with Crippen LogP contribution in [-0.2, 0) is 0 Å². The summed E-state index contributed by atoms with van der Waals surface area (Å²) in [5.41, 5.74) is 0. The van der Waals surface area contributed by atoms with Crippen molar-refractivity contribution in [1.82, 2.24) is 4.98 Å². The van der Waals surface area contributed by atoms with Gasteiger partial charge in [0, 0.05) is 20.2 Å². The summed E-state index contributed by atoms with van der Waals surface area (Å²) in [7, 11) is 0. The lowest BCUT2D eigenvalue weighted by Gasteiger charge is -2.07. The summed E-state index contributed by atoms with van der Waals surface area (Å²) in [6.07, 6.45) is 0. The molecule has 3 heterocycles. The van der Waals surface area contributed by atoms with Crippen molar-refractivity contribution in [1.29, 1.82) is 0 Å². The number of thiophene rings is 2. The number of anilines is 2. The average molecular weight is 498 g/mol. The molecule has 5 aromatic rings. The van der Waals surface area contributed by atoms with Crippen molar-refractivity contribution in [2.75, 3.05) is 10.6 Å². The van der Waals surface area contributed by atoms with Gasteiger partial charge in [-0.15, -0.1) is 22.7 Å². The van der Waals surface area contributed by atoms with Crippen molar-refractivity contribution in [2.45, 2.75) is 0 Å². The molecule has 0 fully saturated rings. The Morgan fingerprint density at radius 2 is 1.09 bits per heavy atom. The molecule has 0 radical (unpaired) electrons. The van der Waals surface area contributed by atoms with Crippen LogP contribution in [0.15, 0.2) is 66.7 Å². The fourth-order valence-corrected chi connectivity index (χ4v) is 6.06. The van der Waals surface area contributed by atoms with E-state index in [9.17, 15) is 9.59 Å². The topological polar surface area (TPSA) is 71.1 Å². The molecule has 9 heteroatoms. The summed E-state index contributed by atoms with van der Waals surface area (Å²) >= 11 is 15.4. The van der Waals surface area contributed by atoms with E-state index < -0.39 is 0 Å². The molecule has 0 aliphatic rings. The molecule has 0 aliphatic carbocycles. The van der Waals surface area contributed by atoms with Gasteiger partial charge in [0.05, 0.1) is 10.0 Å². The number of hydrogen-bond donors (Lipinski definition) is 2. The van der Waals surface area contributed by atoms with Crippen LogP contribution in [0.5, 0.6) is 0 Å². The van der Waals surface area contributed by atoms with Crippen molar-refractivity contribution in [3.63, 3.8) is 0 Å². The number of hydrogen-bond acceptors (Lipinski definition) is 5. The van der Waals surface area contributed by atoms with E-state index in [1.807, 2.05) is 48.5 Å². The molecule has 3 aromatic heterocycles. The smallest absolute Gasteiger partial charge is 0.268 e. The Kier molecular flexibility index (Phi) is 5.57. The maximum Gasteiger partial charge on any atom is 0.268 e. The van der Waals surface area contributed by atoms with Crippen LogP contribution in [0.1, 0.15) is 19.3 Å². The molecule has 158 valence electrons. The van der Waals surface area contributed by atoms with Gasteiger partial charge in [0.15, 0.2) is 0 Å². The van der Waals surface area contributed by atoms with Crippen LogP contribution in [0.3, 0.4) is 0 Å². The third-order valence-corrected chi connectivity index (χ3v) is 8.06. The number of carbonyl (C=O) groups excluding carboxylic acids is 2. The van der Waals surface area contributed by atoms with E-state index in [1.165, 1.54) is 22.7 Å². The van der Waals surface area contributed by atoms with Crippen LogP contribution in [-0.4, -0.2) is 16.8 Å². The quantitative estimate of drug-likeness (QED) is 0.273. The second-order valence-electron chi connectivity index (χ2n) is 6.80. The van der Waals surface area contributed by atoms with Gasteiger partial charge in [-0.3, -0.25) is 9.59 Å². The van der Waals surface area contributed by atoms with Gasteiger partial charge in [-0.25, -0.2) is 4.98 Å². The number of carbonyl (C=O) groups is 2. The first-order valence-corrected chi connectivity index (χ1v) is 11.8. The minimum absolute atomic E-state index is 0.295. The summed E-state index contributed by atoms with van der Waals surface area (Å²) in [6, 6.07) is 20.1. The summed E-state index contributed by atoms with van der Waals surface area (Å²) in [5, 5.41) is 7.98. The maximum atomic E-state index is 12.8. The molecule has 2 N–H and O–H groups in total. The first-order valence-electron chi connectivity index (χ1n) is 9.45. The second kappa shape index (κ2) is 8.52. The molecule has 32 heavy (non-hydrogen) atoms. The van der Waals surface area contributed by atoms with Crippen LogP contribution in [0.25, 0.3) is 20.2 Å². The van der Waals surface area contributed by atoms with Gasteiger partial charge in [-0.2, -0.15) is 0 Å². The van der Waals surface area contributed by atoms with Crippen LogP contribution >= 0.6 is 45.9 Å². The fraction of sp³-hybridized carbons (Fsp3) is 0. The van der Waals surface area contributed by atoms with E-state index in [0.29, 0.717) is 31.4 Å². The normalized spacial score (nSPS) is 11.1. The average Bonchev–Trinajstić information content (AvgIpc) is 3.32. The van der Waals surface area contributed by atoms with Gasteiger partial charge in [-0.1, -0.05) is 65.7 Å². The number of nitrogens with one attached hydrogen (secondary N) is 2. The van der Waals surface area contributed by atoms with E-state index in [4.69, 9.17) is 23.2 Å². The molecule has 5 nitrogen and oxygen atoms in total. The SMILES string of the molecule is O=C(Nc1cccc(NC(=O)c2sc3ccccc3c2Cl)n1)c1sc2ccccc2c1Cl. The van der Waals surface area contributed by atoms with E-state index in [2.05, 4.69) is 15.6 Å². The lowest BCUT2D eigenvalue weighted by molar-refractivity contribution is 0.102. The molecule has 2 amide bonds. The largest absolute Gasteiger partial charge is 0.306 e. The van der Waals surface area contributed by atoms with Crippen molar-refractivity contribution in [3.05, 3.63) is 86.5 Å². The van der Waals surface area contributed by atoms with Crippen molar-refractivity contribution in [3.8, 4) is 0 Å². The number of nitrogens with zero attached hydrogens (tertiary/aromatic N) is 1. The predicted octanol–water partition coefficient (Wildman–Crippen LogP) is 7.32. The maximum absolute atomic E-state index is 12.8. The third kappa shape index (κ3) is 3.84. The minimum atomic E-state index is -0.361. The molecule has 0 bridgehead atoms. The van der Waals surface area contributed by atoms with Crippen LogP contribution in [0, 0.1) is 0 Å². The number of benzene rings is 2. The highest BCUT2D eigenvalue weighted by molar-refractivity contribution is 7.22. The lowest BCUT2D eigenvalue weighted by atomic mass is 10.2. The van der Waals surface area contributed by atoms with E-state index >= 15 is 0 Å². The molecule has 0 saturated heterocycles. The highest BCUT2D eigenvalue weighted by Gasteiger charge is 2.19. The Balaban J connectivity index is 1.36. The summed E-state index contributed by atoms with van der Waals surface area (Å²) in [4.78, 5) is 30.7. The summed E-state index contributed by atoms with van der Waals surface area (Å²) < 4.78 is 1.86. The Morgan fingerprint density at radius 1 is 0.656 bits per heavy atom. The number of amides is 2. The van der Waals surface area contributed by atoms with Gasteiger partial charge in [0.1, 0.15) is 21.4 Å². The molecule has 0 unspecified atom stereocenters. The molecule has 0 spiro atoms. The van der Waals surface area contributed by atoms with Crippen molar-refractivity contribution >= 4 is 89.5 Å². The van der Waals surface area contributed by atoms with Gasteiger partial charge in [0.2, 0.25) is 0 Å². The predicted molar refractivity (Wildman–Crippen MR) is 134 cm³/mol. The lowest BCUT2D eigenvalue weighted by Crippen LogP contribution is -2.15. The second-order valence-corrected chi connectivity index (χ2v) is 9.66. The number of rotatable bonds is 4. The highest BCUT2D eigenvalue weighted by Crippen LogP contribution is 2.36. The van der Waals surface area contributed by atoms with Gasteiger partial charge in [0.25, 0.3) is 11.8 Å². The minimum Gasteiger partial charge on any atom is -0.306 e. The Labute approximate surface area is 200 Å². The van der Waals surface area contributed by atoms with Crippen LogP contribution in [0.4, 0.5) is 11.6 Å². The summed E-state index contributed by atoms with van der Waals surface area (Å²) in [6.45, 7) is 0. The number of pyridine rings is 1. The standard InChI is InChI=1S/C23H13Cl2N3O2S2/c24-18-12-6-1-3-8-14(12)31-20(18)22(29)27-16-10-5-11-17(26-16)28-23(30)21-19(25)13-7-2-4-9-15(13)32-21/h1-11H,(H2,26,27,28,29,30). The number of aromatic nitrogens is 1. The van der Waals surface area contributed by atoms with Gasteiger partial charge in [-0.05, 0) is 24.3 Å². The third-order valence-electron chi connectivity index (χ3n) is 4.71. The zero-order chi connectivity index (χ0) is 22.2. The van der Waals surface area contributed by atoms with Gasteiger partial charge >= 0.3 is 0 Å². The van der Waals surface area contributed by atoms with Crippen LogP contribution < -0.4 is 10.6 Å². The Hall–Kier alpha value is -2.97. The van der Waals surface area contributed by atoms with Crippen molar-refractivity contribution in [2.24, 2.45) is 0 Å². The molecular formula is C23H13Cl2N3O2S2. The molecular weight excluding hydrogens is 485 g/mol. The van der Waals surface area contributed by atoms with E-state index in [0.717, 1.165) is 20.2 Å². The van der Waals surface area contributed by atoms with Crippen molar-refractivity contribution < 1.29 is 9.59 Å². The molecule has 2 aromatic carbocycles. The zero-order valence-corrected chi connectivity index (χ0v) is 19.3.